The van der Waals surface area contributed by atoms with Gasteiger partial charge in [-0.1, -0.05) is 113 Å². The van der Waals surface area contributed by atoms with Gasteiger partial charge in [-0.05, 0) is 37.0 Å². The molecule has 0 rings (SSSR count). The van der Waals surface area contributed by atoms with Crippen LogP contribution in [0.1, 0.15) is 145 Å². The van der Waals surface area contributed by atoms with E-state index < -0.39 is 41.1 Å². The van der Waals surface area contributed by atoms with E-state index >= 15 is 0 Å². The summed E-state index contributed by atoms with van der Waals surface area (Å²) < 4.78 is 0. The van der Waals surface area contributed by atoms with Gasteiger partial charge in [0.05, 0.1) is 6.61 Å². The molecule has 6 nitrogen and oxygen atoms in total. The zero-order chi connectivity index (χ0) is 29.4. The summed E-state index contributed by atoms with van der Waals surface area (Å²) in [5, 5.41) is 33.5. The number of aliphatic hydroxyl groups is 3. The van der Waals surface area contributed by atoms with Crippen LogP contribution in [-0.4, -0.2) is 50.5 Å². The third-order valence-electron chi connectivity index (χ3n) is 8.24. The zero-order valence-electron chi connectivity index (χ0n) is 25.7. The molecule has 0 aromatic rings. The molecule has 0 heterocycles. The summed E-state index contributed by atoms with van der Waals surface area (Å²) in [6.07, 6.45) is 11.0. The Bertz CT molecular complexity index is 655. The van der Waals surface area contributed by atoms with Gasteiger partial charge in [-0.2, -0.15) is 0 Å². The number of carbonyl (C=O) groups is 3. The summed E-state index contributed by atoms with van der Waals surface area (Å²) in [4.78, 5) is 40.6. The Morgan fingerprint density at radius 1 is 0.632 bits per heavy atom. The van der Waals surface area contributed by atoms with Gasteiger partial charge in [0, 0.05) is 18.8 Å². The average Bonchev–Trinajstić information content (AvgIpc) is 2.88. The van der Waals surface area contributed by atoms with Crippen molar-refractivity contribution in [2.24, 2.45) is 23.7 Å². The number of rotatable bonds is 24. The first kappa shape index (κ1) is 36.9. The molecule has 0 bridgehead atoms. The number of hydrogen-bond acceptors (Lipinski definition) is 6. The minimum absolute atomic E-state index is 0.126. The highest BCUT2D eigenvalue weighted by molar-refractivity contribution is 6.16. The van der Waals surface area contributed by atoms with Crippen molar-refractivity contribution in [3.8, 4) is 0 Å². The maximum absolute atomic E-state index is 13.5. The van der Waals surface area contributed by atoms with Gasteiger partial charge in [0.1, 0.15) is 0 Å². The molecule has 0 aliphatic heterocycles. The molecule has 0 aromatic carbocycles. The third-order valence-corrected chi connectivity index (χ3v) is 8.24. The van der Waals surface area contributed by atoms with Crippen LogP contribution < -0.4 is 0 Å². The van der Waals surface area contributed by atoms with Crippen LogP contribution in [0.3, 0.4) is 0 Å². The normalized spacial score (nSPS) is 17.4. The summed E-state index contributed by atoms with van der Waals surface area (Å²) in [5.41, 5.74) is -5.80. The van der Waals surface area contributed by atoms with Crippen molar-refractivity contribution in [2.75, 3.05) is 6.61 Å². The third kappa shape index (κ3) is 11.6. The Kier molecular flexibility index (Phi) is 18.5. The highest BCUT2D eigenvalue weighted by Gasteiger charge is 2.63. The average molecular weight is 541 g/mol. The molecule has 0 fully saturated rings. The van der Waals surface area contributed by atoms with Crippen LogP contribution in [0.15, 0.2) is 0 Å². The van der Waals surface area contributed by atoms with Gasteiger partial charge in [0.15, 0.2) is 23.0 Å². The van der Waals surface area contributed by atoms with E-state index in [9.17, 15) is 29.7 Å². The van der Waals surface area contributed by atoms with Crippen LogP contribution in [0.4, 0.5) is 0 Å². The lowest BCUT2D eigenvalue weighted by molar-refractivity contribution is -0.196. The van der Waals surface area contributed by atoms with Gasteiger partial charge in [-0.25, -0.2) is 0 Å². The van der Waals surface area contributed by atoms with Crippen LogP contribution in [0.25, 0.3) is 0 Å². The van der Waals surface area contributed by atoms with E-state index in [-0.39, 0.29) is 24.7 Å². The topological polar surface area (TPSA) is 112 Å². The van der Waals surface area contributed by atoms with E-state index in [2.05, 4.69) is 27.7 Å². The molecule has 0 amide bonds. The largest absolute Gasteiger partial charge is 0.393 e. The molecule has 0 saturated heterocycles. The maximum atomic E-state index is 13.5. The van der Waals surface area contributed by atoms with E-state index in [0.717, 1.165) is 64.2 Å². The van der Waals surface area contributed by atoms with Crippen molar-refractivity contribution in [1.82, 2.24) is 0 Å². The highest BCUT2D eigenvalue weighted by Crippen LogP contribution is 2.34. The number of unbranched alkanes of at least 4 members (excludes halogenated alkanes) is 4. The van der Waals surface area contributed by atoms with Gasteiger partial charge in [-0.15, -0.1) is 0 Å². The fourth-order valence-corrected chi connectivity index (χ4v) is 5.25. The molecule has 0 spiro atoms. The molecular formula is C32H60O6. The molecule has 6 heteroatoms. The van der Waals surface area contributed by atoms with Crippen molar-refractivity contribution in [1.29, 1.82) is 0 Å². The summed E-state index contributed by atoms with van der Waals surface area (Å²) in [5.74, 6) is -2.40. The molecule has 0 aromatic heterocycles. The Morgan fingerprint density at radius 3 is 1.45 bits per heavy atom. The maximum Gasteiger partial charge on any atom is 0.219 e. The fraction of sp³-hybridized carbons (Fsp3) is 0.906. The minimum Gasteiger partial charge on any atom is -0.393 e. The lowest BCUT2D eigenvalue weighted by Gasteiger charge is -2.40. The molecule has 0 radical (unpaired) electrons. The Labute approximate surface area is 233 Å². The summed E-state index contributed by atoms with van der Waals surface area (Å²) in [6, 6.07) is 0. The Balaban J connectivity index is 5.88. The van der Waals surface area contributed by atoms with Gasteiger partial charge >= 0.3 is 0 Å². The standard InChI is InChI=1S/C32H60O6/c1-8-10-12-16-25(5)19-21-28(34)32(38,29(35)22-20-26(6)17-13-11-9-2)31(37,23-33)30(36)27(7)18-14-15-24(3)4/h24-27,33,37-38H,8-23H2,1-7H3. The van der Waals surface area contributed by atoms with Crippen molar-refractivity contribution >= 4 is 17.3 Å². The smallest absolute Gasteiger partial charge is 0.219 e. The van der Waals surface area contributed by atoms with Crippen molar-refractivity contribution in [3.63, 3.8) is 0 Å². The highest BCUT2D eigenvalue weighted by atomic mass is 16.4. The molecule has 224 valence electrons. The van der Waals surface area contributed by atoms with Crippen LogP contribution in [0, 0.1) is 23.7 Å². The first-order valence-electron chi connectivity index (χ1n) is 15.5. The van der Waals surface area contributed by atoms with E-state index in [4.69, 9.17) is 0 Å². The van der Waals surface area contributed by atoms with Crippen molar-refractivity contribution < 1.29 is 29.7 Å². The van der Waals surface area contributed by atoms with Crippen LogP contribution in [-0.2, 0) is 14.4 Å². The molecular weight excluding hydrogens is 480 g/mol. The van der Waals surface area contributed by atoms with E-state index in [1.807, 2.05) is 13.8 Å². The van der Waals surface area contributed by atoms with Crippen molar-refractivity contribution in [3.05, 3.63) is 0 Å². The predicted octanol–water partition coefficient (Wildman–Crippen LogP) is 6.60. The summed E-state index contributed by atoms with van der Waals surface area (Å²) in [7, 11) is 0. The SMILES string of the molecule is CCCCCC(C)CCC(=O)C(O)(C(=O)CCC(C)CCCCC)C(O)(CO)C(=O)C(C)CCCC(C)C. The molecule has 0 aliphatic rings. The van der Waals surface area contributed by atoms with Crippen LogP contribution in [0.5, 0.6) is 0 Å². The van der Waals surface area contributed by atoms with Gasteiger partial charge < -0.3 is 15.3 Å². The quantitative estimate of drug-likeness (QED) is 0.0939. The van der Waals surface area contributed by atoms with E-state index in [1.165, 1.54) is 0 Å². The molecule has 38 heavy (non-hydrogen) atoms. The second-order valence-corrected chi connectivity index (χ2v) is 12.4. The number of Topliss-reactive ketones (excluding diaryl/α,β-unsaturated/α-hetero) is 3. The first-order valence-corrected chi connectivity index (χ1v) is 15.5. The summed E-state index contributed by atoms with van der Waals surface area (Å²) >= 11 is 0. The summed E-state index contributed by atoms with van der Waals surface area (Å²) in [6.45, 7) is 12.9. The molecule has 0 saturated carbocycles. The van der Waals surface area contributed by atoms with Crippen LogP contribution >= 0.6 is 0 Å². The van der Waals surface area contributed by atoms with Gasteiger partial charge in [0.2, 0.25) is 5.60 Å². The first-order chi connectivity index (χ1) is 17.8. The zero-order valence-corrected chi connectivity index (χ0v) is 25.7. The number of hydrogen-bond donors (Lipinski definition) is 3. The van der Waals surface area contributed by atoms with E-state index in [1.54, 1.807) is 6.92 Å². The molecule has 4 atom stereocenters. The Morgan fingerprint density at radius 2 is 1.08 bits per heavy atom. The second-order valence-electron chi connectivity index (χ2n) is 12.4. The molecule has 0 aliphatic carbocycles. The molecule has 4 unspecified atom stereocenters. The monoisotopic (exact) mass is 540 g/mol. The fourth-order valence-electron chi connectivity index (χ4n) is 5.25. The van der Waals surface area contributed by atoms with Gasteiger partial charge in [0.25, 0.3) is 0 Å². The van der Waals surface area contributed by atoms with Crippen LogP contribution in [0.2, 0.25) is 0 Å². The van der Waals surface area contributed by atoms with Gasteiger partial charge in [-0.3, -0.25) is 14.4 Å². The number of aliphatic hydroxyl groups excluding tert-OH is 1. The van der Waals surface area contributed by atoms with E-state index in [0.29, 0.717) is 25.2 Å². The second kappa shape index (κ2) is 19.0. The Hall–Kier alpha value is -1.11. The molecule has 3 N–H and O–H groups in total. The lowest BCUT2D eigenvalue weighted by atomic mass is 9.68. The number of ketones is 3. The number of carbonyl (C=O) groups excluding carboxylic acids is 3. The predicted molar refractivity (Wildman–Crippen MR) is 155 cm³/mol. The van der Waals surface area contributed by atoms with Crippen molar-refractivity contribution in [2.45, 2.75) is 156 Å². The lowest BCUT2D eigenvalue weighted by Crippen LogP contribution is -2.70. The minimum atomic E-state index is -2.95.